The van der Waals surface area contributed by atoms with Crippen LogP contribution in [-0.4, -0.2) is 28.0 Å². The molecule has 118 valence electrons. The minimum atomic E-state index is -2.40. The van der Waals surface area contributed by atoms with E-state index in [9.17, 15) is 17.6 Å². The molecule has 1 aliphatic rings. The topological polar surface area (TPSA) is 18.5 Å². The van der Waals surface area contributed by atoms with E-state index in [1.807, 2.05) is 0 Å². The average molecular weight is 322 g/mol. The highest BCUT2D eigenvalue weighted by atomic mass is 28.3. The van der Waals surface area contributed by atoms with Crippen molar-refractivity contribution in [2.75, 3.05) is 19.9 Å². The Hall–Kier alpha value is -0.923. The molecule has 0 saturated carbocycles. The lowest BCUT2D eigenvalue weighted by atomic mass is 10.0. The SMILES string of the molecule is C[Si](C)(C)c1c(F)cc(C2OCCO2)c(C(F)CF)c1F. The Morgan fingerprint density at radius 3 is 2.29 bits per heavy atom. The molecule has 1 unspecified atom stereocenters. The summed E-state index contributed by atoms with van der Waals surface area (Å²) >= 11 is 0. The van der Waals surface area contributed by atoms with Gasteiger partial charge in [0.2, 0.25) is 0 Å². The van der Waals surface area contributed by atoms with E-state index in [-0.39, 0.29) is 24.0 Å². The van der Waals surface area contributed by atoms with Crippen LogP contribution in [0.25, 0.3) is 0 Å². The van der Waals surface area contributed by atoms with Gasteiger partial charge < -0.3 is 9.47 Å². The predicted octanol–water partition coefficient (Wildman–Crippen LogP) is 3.54. The number of ether oxygens (including phenoxy) is 2. The van der Waals surface area contributed by atoms with Gasteiger partial charge in [-0.15, -0.1) is 0 Å². The molecule has 2 nitrogen and oxygen atoms in total. The van der Waals surface area contributed by atoms with Gasteiger partial charge in [0.15, 0.2) is 12.5 Å². The van der Waals surface area contributed by atoms with Crippen LogP contribution >= 0.6 is 0 Å². The molecule has 7 heteroatoms. The quantitative estimate of drug-likeness (QED) is 0.624. The summed E-state index contributed by atoms with van der Waals surface area (Å²) in [6, 6.07) is 1.02. The molecule has 0 amide bonds. The number of alkyl halides is 2. The Labute approximate surface area is 122 Å². The first-order valence-electron chi connectivity index (χ1n) is 6.73. The molecule has 0 bridgehead atoms. The number of hydrogen-bond donors (Lipinski definition) is 0. The Balaban J connectivity index is 2.65. The van der Waals surface area contributed by atoms with E-state index in [1.54, 1.807) is 19.6 Å². The molecule has 0 spiro atoms. The molecular weight excluding hydrogens is 304 g/mol. The van der Waals surface area contributed by atoms with Gasteiger partial charge in [0, 0.05) is 16.3 Å². The van der Waals surface area contributed by atoms with E-state index in [0.29, 0.717) is 0 Å². The summed E-state index contributed by atoms with van der Waals surface area (Å²) in [4.78, 5) is 0. The molecular formula is C14H18F4O2Si. The van der Waals surface area contributed by atoms with Crippen LogP contribution < -0.4 is 5.19 Å². The molecule has 1 aromatic rings. The number of benzene rings is 1. The fourth-order valence-corrected chi connectivity index (χ4v) is 4.05. The van der Waals surface area contributed by atoms with Gasteiger partial charge in [-0.2, -0.15) is 0 Å². The monoisotopic (exact) mass is 322 g/mol. The van der Waals surface area contributed by atoms with Gasteiger partial charge in [-0.25, -0.2) is 17.6 Å². The second kappa shape index (κ2) is 6.06. The van der Waals surface area contributed by atoms with Crippen molar-refractivity contribution >= 4 is 13.3 Å². The van der Waals surface area contributed by atoms with Crippen LogP contribution in [0.3, 0.4) is 0 Å². The zero-order valence-electron chi connectivity index (χ0n) is 12.2. The Morgan fingerprint density at radius 1 is 1.24 bits per heavy atom. The van der Waals surface area contributed by atoms with E-state index < -0.39 is 44.4 Å². The van der Waals surface area contributed by atoms with Gasteiger partial charge in [0.05, 0.1) is 21.3 Å². The Kier molecular flexibility index (Phi) is 4.75. The minimum Gasteiger partial charge on any atom is -0.346 e. The lowest BCUT2D eigenvalue weighted by molar-refractivity contribution is -0.0459. The fourth-order valence-electron chi connectivity index (χ4n) is 2.47. The summed E-state index contributed by atoms with van der Waals surface area (Å²) in [5.74, 6) is -1.76. The number of halogens is 4. The third kappa shape index (κ3) is 3.14. The zero-order valence-corrected chi connectivity index (χ0v) is 13.2. The van der Waals surface area contributed by atoms with Crippen LogP contribution in [-0.2, 0) is 9.47 Å². The van der Waals surface area contributed by atoms with Crippen LogP contribution in [0, 0.1) is 11.6 Å². The van der Waals surface area contributed by atoms with Crippen molar-refractivity contribution in [1.29, 1.82) is 0 Å². The summed E-state index contributed by atoms with van der Waals surface area (Å²) in [5.41, 5.74) is -0.585. The van der Waals surface area contributed by atoms with Crippen LogP contribution in [0.4, 0.5) is 17.6 Å². The number of hydrogen-bond acceptors (Lipinski definition) is 2. The normalized spacial score (nSPS) is 18.2. The second-order valence-corrected chi connectivity index (χ2v) is 11.0. The van der Waals surface area contributed by atoms with Crippen molar-refractivity contribution in [3.63, 3.8) is 0 Å². The van der Waals surface area contributed by atoms with E-state index in [0.717, 1.165) is 6.07 Å². The highest BCUT2D eigenvalue weighted by Gasteiger charge is 2.35. The highest BCUT2D eigenvalue weighted by molar-refractivity contribution is 6.88. The molecule has 1 fully saturated rings. The molecule has 1 atom stereocenters. The third-order valence-corrected chi connectivity index (χ3v) is 5.32. The third-order valence-electron chi connectivity index (χ3n) is 3.36. The second-order valence-electron chi connectivity index (χ2n) is 6.00. The largest absolute Gasteiger partial charge is 0.346 e. The maximum atomic E-state index is 14.7. The first-order valence-corrected chi connectivity index (χ1v) is 10.2. The first-order chi connectivity index (χ1) is 9.77. The lowest BCUT2D eigenvalue weighted by Crippen LogP contribution is -2.43. The summed E-state index contributed by atoms with van der Waals surface area (Å²) in [5, 5.41) is -0.129. The highest BCUT2D eigenvalue weighted by Crippen LogP contribution is 2.34. The first kappa shape index (κ1) is 16.4. The average Bonchev–Trinajstić information content (AvgIpc) is 2.89. The van der Waals surface area contributed by atoms with Gasteiger partial charge in [-0.1, -0.05) is 19.6 Å². The molecule has 0 aromatic heterocycles. The standard InChI is InChI=1S/C14H18F4O2Si/c1-21(2,3)13-9(16)6-8(14-19-4-5-20-14)11(12(13)18)10(17)7-15/h6,10,14H,4-5,7H2,1-3H3. The van der Waals surface area contributed by atoms with Gasteiger partial charge in [-0.3, -0.25) is 0 Å². The van der Waals surface area contributed by atoms with Crippen molar-refractivity contribution in [1.82, 2.24) is 0 Å². The molecule has 2 rings (SSSR count). The van der Waals surface area contributed by atoms with Crippen molar-refractivity contribution in [3.05, 3.63) is 28.8 Å². The Bertz CT molecular complexity index is 525. The van der Waals surface area contributed by atoms with E-state index in [1.165, 1.54) is 0 Å². The Morgan fingerprint density at radius 2 is 1.81 bits per heavy atom. The van der Waals surface area contributed by atoms with Crippen molar-refractivity contribution < 1.29 is 27.0 Å². The molecule has 0 N–H and O–H groups in total. The summed E-state index contributed by atoms with van der Waals surface area (Å²) in [6.45, 7) is 4.33. The molecule has 0 aliphatic carbocycles. The van der Waals surface area contributed by atoms with Crippen LogP contribution in [0.2, 0.25) is 19.6 Å². The van der Waals surface area contributed by atoms with Gasteiger partial charge in [0.25, 0.3) is 0 Å². The number of rotatable bonds is 4. The lowest BCUT2D eigenvalue weighted by Gasteiger charge is -2.24. The summed E-state index contributed by atoms with van der Waals surface area (Å²) < 4.78 is 65.9. The maximum Gasteiger partial charge on any atom is 0.184 e. The van der Waals surface area contributed by atoms with Gasteiger partial charge in [-0.05, 0) is 6.07 Å². The minimum absolute atomic E-state index is 0.102. The van der Waals surface area contributed by atoms with Crippen molar-refractivity contribution in [3.8, 4) is 0 Å². The van der Waals surface area contributed by atoms with Crippen LogP contribution in [0.1, 0.15) is 23.6 Å². The molecule has 1 aliphatic heterocycles. The molecule has 21 heavy (non-hydrogen) atoms. The van der Waals surface area contributed by atoms with Gasteiger partial charge >= 0.3 is 0 Å². The fraction of sp³-hybridized carbons (Fsp3) is 0.571. The van der Waals surface area contributed by atoms with Gasteiger partial charge in [0.1, 0.15) is 18.3 Å². The maximum absolute atomic E-state index is 14.7. The van der Waals surface area contributed by atoms with E-state index in [2.05, 4.69) is 0 Å². The van der Waals surface area contributed by atoms with Crippen LogP contribution in [0.5, 0.6) is 0 Å². The molecule has 0 radical (unpaired) electrons. The molecule has 1 aromatic carbocycles. The van der Waals surface area contributed by atoms with E-state index >= 15 is 0 Å². The predicted molar refractivity (Wildman–Crippen MR) is 73.8 cm³/mol. The summed E-state index contributed by atoms with van der Waals surface area (Å²) in [6.07, 6.45) is -3.21. The molecule has 1 saturated heterocycles. The van der Waals surface area contributed by atoms with Crippen LogP contribution in [0.15, 0.2) is 6.07 Å². The van der Waals surface area contributed by atoms with Crippen molar-refractivity contribution in [2.45, 2.75) is 32.1 Å². The summed E-state index contributed by atoms with van der Waals surface area (Å²) in [7, 11) is -2.40. The molecule has 1 heterocycles. The smallest absolute Gasteiger partial charge is 0.184 e. The van der Waals surface area contributed by atoms with Crippen molar-refractivity contribution in [2.24, 2.45) is 0 Å². The van der Waals surface area contributed by atoms with E-state index in [4.69, 9.17) is 9.47 Å². The zero-order chi connectivity index (χ0) is 15.8.